The van der Waals surface area contributed by atoms with Crippen LogP contribution in [0.4, 0.5) is 62.6 Å². The standard InChI is InChI=1S/C32H42N6O4.C18H31NO.C14H12N5O3/c1-4-5-6-7-8-9-10-11-20-37(21-22-39)28-16-12-26(13-17-28)34-36-31-23-25(2)30(24-32(31)42-3)35-33-27-14-18-29(19-15-27)38(40)41;1-2-3-4-5-6-7-8-12-15-19(16-17-20)18-13-10-9-11-14-18;1-9-7-13(16-15)14(22-2)8-12(9)18-17-10-3-5-11(6-4-10)19(20)21/h12-19,23-24,39H,4-11,20-22H2,1-3H3;9-11,13-14,20H,2-8,12,15-17H2,1H3;3-8H,1-2H3/q;;+1. The molecular weight excluding hydrogens is 1060 g/mol. The summed E-state index contributed by atoms with van der Waals surface area (Å²) >= 11 is 0. The Labute approximate surface area is 495 Å². The van der Waals surface area contributed by atoms with E-state index in [0.29, 0.717) is 57.9 Å². The lowest BCUT2D eigenvalue weighted by molar-refractivity contribution is -0.385. The lowest BCUT2D eigenvalue weighted by Gasteiger charge is -2.24. The van der Waals surface area contributed by atoms with E-state index in [2.05, 4.69) is 83.6 Å². The Morgan fingerprint density at radius 2 is 0.833 bits per heavy atom. The molecule has 0 aromatic heterocycles. The van der Waals surface area contributed by atoms with E-state index in [-0.39, 0.29) is 24.6 Å². The summed E-state index contributed by atoms with van der Waals surface area (Å²) in [6.07, 6.45) is 20.9. The monoisotopic (exact) mass is 1150 g/mol. The Morgan fingerprint density at radius 1 is 0.464 bits per heavy atom. The van der Waals surface area contributed by atoms with Gasteiger partial charge in [-0.05, 0) is 105 Å². The van der Waals surface area contributed by atoms with Gasteiger partial charge in [0, 0.05) is 80.0 Å². The van der Waals surface area contributed by atoms with Crippen LogP contribution in [0, 0.1) is 39.5 Å². The molecule has 0 saturated carbocycles. The molecule has 6 rings (SSSR count). The maximum Gasteiger partial charge on any atom is 0.426 e. The zero-order valence-electron chi connectivity index (χ0n) is 49.9. The van der Waals surface area contributed by atoms with Crippen LogP contribution in [-0.4, -0.2) is 73.7 Å². The number of hydrogen-bond acceptors (Lipinski definition) is 17. The normalized spacial score (nSPS) is 11.0. The number of benzene rings is 6. The molecule has 0 unspecified atom stereocenters. The summed E-state index contributed by atoms with van der Waals surface area (Å²) in [4.78, 5) is 28.1. The number of nitro groups is 2. The third-order valence-electron chi connectivity index (χ3n) is 13.7. The second-order valence-electron chi connectivity index (χ2n) is 20.1. The number of azo groups is 3. The molecule has 0 spiro atoms. The maximum atomic E-state index is 10.8. The lowest BCUT2D eigenvalue weighted by atomic mass is 10.1. The summed E-state index contributed by atoms with van der Waals surface area (Å²) in [5.74, 6) is 0.865. The zero-order valence-corrected chi connectivity index (χ0v) is 49.9. The van der Waals surface area contributed by atoms with Crippen molar-refractivity contribution in [1.82, 2.24) is 0 Å². The summed E-state index contributed by atoms with van der Waals surface area (Å²) in [6, 6.07) is 36.6. The largest absolute Gasteiger partial charge is 0.494 e. The molecule has 0 aliphatic carbocycles. The fraction of sp³-hybridized carbons (Fsp3) is 0.438. The minimum absolute atomic E-state index is 0.00237. The van der Waals surface area contributed by atoms with Gasteiger partial charge in [-0.25, -0.2) is 0 Å². The van der Waals surface area contributed by atoms with Gasteiger partial charge in [-0.2, -0.15) is 25.6 Å². The number of hydrogen-bond donors (Lipinski definition) is 2. The number of diazo groups is 1. The Morgan fingerprint density at radius 3 is 1.23 bits per heavy atom. The number of unbranched alkanes of at least 4 members (excludes halogenated alkanes) is 14. The molecule has 6 aromatic rings. The van der Waals surface area contributed by atoms with Crippen LogP contribution in [0.1, 0.15) is 128 Å². The van der Waals surface area contributed by atoms with Gasteiger partial charge in [-0.15, -0.1) is 5.11 Å². The number of aryl methyl sites for hydroxylation is 2. The second-order valence-corrected chi connectivity index (χ2v) is 20.1. The number of non-ortho nitro benzene ring substituents is 2. The van der Waals surface area contributed by atoms with E-state index >= 15 is 0 Å². The number of rotatable bonds is 34. The Kier molecular flexibility index (Phi) is 32.2. The Bertz CT molecular complexity index is 2990. The molecule has 0 saturated heterocycles. The van der Waals surface area contributed by atoms with E-state index < -0.39 is 9.85 Å². The third-order valence-corrected chi connectivity index (χ3v) is 13.7. The molecule has 0 heterocycles. The van der Waals surface area contributed by atoms with E-state index in [0.717, 1.165) is 42.9 Å². The van der Waals surface area contributed by atoms with Crippen LogP contribution in [0.15, 0.2) is 158 Å². The SMILES string of the molecule is CCCCCCCCCCN(CCO)c1ccc(N=Nc2cc(C)c(N=Nc3ccc([N+](=O)[O-])cc3)cc2OC)cc1.CCCCCCCCCCN(CCO)c1ccccc1.COc1cc(N=Nc2ccc([N+](=O)[O-])cc2)c(C)cc1[N+]#N. The molecule has 20 nitrogen and oxygen atoms in total. The van der Waals surface area contributed by atoms with Gasteiger partial charge in [-0.3, -0.25) is 20.2 Å². The smallest absolute Gasteiger partial charge is 0.426 e. The predicted molar refractivity (Wildman–Crippen MR) is 336 cm³/mol. The number of nitro benzene ring substituents is 2. The van der Waals surface area contributed by atoms with E-state index in [1.807, 2.05) is 43.3 Å². The quantitative estimate of drug-likeness (QED) is 0.0126. The molecule has 20 heteroatoms. The minimum atomic E-state index is -0.479. The molecule has 6 aromatic carbocycles. The van der Waals surface area contributed by atoms with E-state index in [1.54, 1.807) is 44.4 Å². The van der Waals surface area contributed by atoms with Gasteiger partial charge in [0.15, 0.2) is 4.98 Å². The number of aliphatic hydroxyl groups is 2. The average Bonchev–Trinajstić information content (AvgIpc) is 3.71. The fourth-order valence-corrected chi connectivity index (χ4v) is 8.86. The maximum absolute atomic E-state index is 10.8. The van der Waals surface area contributed by atoms with Crippen LogP contribution in [0.3, 0.4) is 0 Å². The molecule has 0 aliphatic heterocycles. The van der Waals surface area contributed by atoms with Gasteiger partial charge in [0.25, 0.3) is 11.4 Å². The van der Waals surface area contributed by atoms with Crippen molar-refractivity contribution in [2.75, 3.05) is 63.4 Å². The summed E-state index contributed by atoms with van der Waals surface area (Å²) in [7, 11) is 3.01. The highest BCUT2D eigenvalue weighted by Crippen LogP contribution is 2.38. The molecule has 448 valence electrons. The molecule has 84 heavy (non-hydrogen) atoms. The molecule has 0 radical (unpaired) electrons. The summed E-state index contributed by atoms with van der Waals surface area (Å²) in [5.41, 5.74) is 7.54. The first-order valence-corrected chi connectivity index (χ1v) is 29.2. The number of ether oxygens (including phenoxy) is 2. The van der Waals surface area contributed by atoms with Crippen molar-refractivity contribution in [3.63, 3.8) is 0 Å². The van der Waals surface area contributed by atoms with Crippen LogP contribution in [0.25, 0.3) is 4.98 Å². The molecule has 0 aliphatic rings. The first kappa shape index (κ1) is 68.0. The van der Waals surface area contributed by atoms with Gasteiger partial charge < -0.3 is 29.5 Å². The number of methoxy groups -OCH3 is 2. The molecule has 0 fully saturated rings. The summed E-state index contributed by atoms with van der Waals surface area (Å²) in [5, 5.41) is 74.4. The van der Waals surface area contributed by atoms with Crippen molar-refractivity contribution < 1.29 is 29.5 Å². The average molecular weight is 1150 g/mol. The first-order valence-electron chi connectivity index (χ1n) is 29.2. The van der Waals surface area contributed by atoms with Crippen LogP contribution in [-0.2, 0) is 0 Å². The van der Waals surface area contributed by atoms with Crippen LogP contribution >= 0.6 is 0 Å². The van der Waals surface area contributed by atoms with Crippen molar-refractivity contribution in [1.29, 1.82) is 5.39 Å². The topological polar surface area (TPSA) is 254 Å². The molecular formula is C64H85N12O8+. The van der Waals surface area contributed by atoms with E-state index in [4.69, 9.17) is 14.9 Å². The number of anilines is 2. The van der Waals surface area contributed by atoms with E-state index in [1.165, 1.54) is 146 Å². The van der Waals surface area contributed by atoms with Gasteiger partial charge in [0.2, 0.25) is 11.1 Å². The van der Waals surface area contributed by atoms with Crippen molar-refractivity contribution >= 4 is 62.6 Å². The van der Waals surface area contributed by atoms with Crippen LogP contribution < -0.4 is 19.3 Å². The van der Waals surface area contributed by atoms with Gasteiger partial charge in [0.05, 0.1) is 65.7 Å². The van der Waals surface area contributed by atoms with Crippen molar-refractivity contribution in [2.45, 2.75) is 130 Å². The second kappa shape index (κ2) is 39.8. The molecule has 2 N–H and O–H groups in total. The third kappa shape index (κ3) is 24.9. The highest BCUT2D eigenvalue weighted by molar-refractivity contribution is 5.66. The lowest BCUT2D eigenvalue weighted by Crippen LogP contribution is -2.27. The van der Waals surface area contributed by atoms with Gasteiger partial charge in [-0.1, -0.05) is 122 Å². The van der Waals surface area contributed by atoms with E-state index in [9.17, 15) is 30.4 Å². The Hall–Kier alpha value is -8.54. The molecule has 0 bridgehead atoms. The Balaban J connectivity index is 0.000000301. The molecule has 0 atom stereocenters. The number of aliphatic hydroxyl groups excluding tert-OH is 2. The first-order chi connectivity index (χ1) is 40.9. The minimum Gasteiger partial charge on any atom is -0.494 e. The summed E-state index contributed by atoms with van der Waals surface area (Å²) < 4.78 is 10.6. The summed E-state index contributed by atoms with van der Waals surface area (Å²) in [6.45, 7) is 11.8. The van der Waals surface area contributed by atoms with Crippen molar-refractivity contribution in [3.8, 4) is 11.5 Å². The highest BCUT2D eigenvalue weighted by atomic mass is 16.6. The van der Waals surface area contributed by atoms with Crippen LogP contribution in [0.5, 0.6) is 11.5 Å². The van der Waals surface area contributed by atoms with Gasteiger partial charge >= 0.3 is 5.69 Å². The predicted octanol–water partition coefficient (Wildman–Crippen LogP) is 19.1. The van der Waals surface area contributed by atoms with Crippen molar-refractivity contribution in [2.24, 2.45) is 30.7 Å². The zero-order chi connectivity index (χ0) is 60.7. The number of para-hydroxylation sites is 1. The highest BCUT2D eigenvalue weighted by Gasteiger charge is 2.18. The molecule has 0 amide bonds. The number of nitrogens with zero attached hydrogens (tertiary/aromatic N) is 12. The van der Waals surface area contributed by atoms with Crippen molar-refractivity contribution in [3.05, 3.63) is 164 Å². The van der Waals surface area contributed by atoms with Gasteiger partial charge in [0.1, 0.15) is 11.4 Å². The fourth-order valence-electron chi connectivity index (χ4n) is 8.86. The van der Waals surface area contributed by atoms with Crippen LogP contribution in [0.2, 0.25) is 0 Å².